The summed E-state index contributed by atoms with van der Waals surface area (Å²) in [5.41, 5.74) is 5.39. The maximum atomic E-state index is 5.35. The molecule has 2 rings (SSSR count). The molecule has 0 saturated carbocycles. The Labute approximate surface area is 113 Å². The predicted molar refractivity (Wildman–Crippen MR) is 77.8 cm³/mol. The number of aromatic nitrogens is 2. The van der Waals surface area contributed by atoms with Crippen molar-refractivity contribution in [1.82, 2.24) is 9.97 Å². The van der Waals surface area contributed by atoms with Crippen molar-refractivity contribution < 1.29 is 4.74 Å². The van der Waals surface area contributed by atoms with Gasteiger partial charge in [-0.3, -0.25) is 0 Å². The Hall–Kier alpha value is -2.10. The molecule has 0 unspecified atom stereocenters. The standard InChI is InChI=1S/C15H19N3O/c1-9-7-13(19-5)10(2)6-12(9)14-11(3)8-17-15(16-4)18-14/h6-8H,1-5H3,(H,16,17,18). The summed E-state index contributed by atoms with van der Waals surface area (Å²) in [5.74, 6) is 1.54. The summed E-state index contributed by atoms with van der Waals surface area (Å²) >= 11 is 0. The molecule has 0 bridgehead atoms. The maximum absolute atomic E-state index is 5.35. The van der Waals surface area contributed by atoms with Crippen molar-refractivity contribution in [3.63, 3.8) is 0 Å². The zero-order valence-electron chi connectivity index (χ0n) is 12.0. The number of ether oxygens (including phenoxy) is 1. The Morgan fingerprint density at radius 2 is 1.79 bits per heavy atom. The smallest absolute Gasteiger partial charge is 0.222 e. The molecule has 0 aliphatic heterocycles. The van der Waals surface area contributed by atoms with Crippen molar-refractivity contribution >= 4 is 5.95 Å². The first-order valence-corrected chi connectivity index (χ1v) is 6.23. The number of benzene rings is 1. The second-order valence-corrected chi connectivity index (χ2v) is 4.61. The van der Waals surface area contributed by atoms with Gasteiger partial charge in [0.1, 0.15) is 5.75 Å². The maximum Gasteiger partial charge on any atom is 0.222 e. The lowest BCUT2D eigenvalue weighted by atomic mass is 9.99. The molecular weight excluding hydrogens is 238 g/mol. The molecule has 1 aromatic heterocycles. The Bertz CT molecular complexity index is 609. The van der Waals surface area contributed by atoms with E-state index in [9.17, 15) is 0 Å². The third kappa shape index (κ3) is 2.52. The molecule has 1 aromatic carbocycles. The van der Waals surface area contributed by atoms with Gasteiger partial charge < -0.3 is 10.1 Å². The van der Waals surface area contributed by atoms with Crippen molar-refractivity contribution in [2.45, 2.75) is 20.8 Å². The molecule has 0 saturated heterocycles. The largest absolute Gasteiger partial charge is 0.496 e. The van der Waals surface area contributed by atoms with Crippen molar-refractivity contribution in [2.24, 2.45) is 0 Å². The van der Waals surface area contributed by atoms with Crippen LogP contribution in [0.25, 0.3) is 11.3 Å². The van der Waals surface area contributed by atoms with Crippen molar-refractivity contribution in [3.8, 4) is 17.0 Å². The lowest BCUT2D eigenvalue weighted by Crippen LogP contribution is -2.00. The second-order valence-electron chi connectivity index (χ2n) is 4.61. The highest BCUT2D eigenvalue weighted by Gasteiger charge is 2.11. The van der Waals surface area contributed by atoms with E-state index in [1.807, 2.05) is 33.2 Å². The van der Waals surface area contributed by atoms with Crippen LogP contribution < -0.4 is 10.1 Å². The third-order valence-electron chi connectivity index (χ3n) is 3.19. The number of hydrogen-bond donors (Lipinski definition) is 1. The number of hydrogen-bond acceptors (Lipinski definition) is 4. The number of nitrogens with zero attached hydrogens (tertiary/aromatic N) is 2. The molecule has 1 heterocycles. The van der Waals surface area contributed by atoms with Crippen LogP contribution >= 0.6 is 0 Å². The molecule has 100 valence electrons. The van der Waals surface area contributed by atoms with E-state index in [2.05, 4.69) is 28.3 Å². The molecule has 0 aliphatic carbocycles. The van der Waals surface area contributed by atoms with Gasteiger partial charge in [0, 0.05) is 18.8 Å². The third-order valence-corrected chi connectivity index (χ3v) is 3.19. The van der Waals surface area contributed by atoms with Crippen LogP contribution in [0.5, 0.6) is 5.75 Å². The summed E-state index contributed by atoms with van der Waals surface area (Å²) in [6.45, 7) is 6.13. The molecule has 0 fully saturated rings. The fourth-order valence-corrected chi connectivity index (χ4v) is 2.10. The first-order valence-electron chi connectivity index (χ1n) is 6.23. The summed E-state index contributed by atoms with van der Waals surface area (Å²) in [5, 5.41) is 2.97. The Kier molecular flexibility index (Phi) is 3.69. The van der Waals surface area contributed by atoms with Crippen molar-refractivity contribution in [1.29, 1.82) is 0 Å². The van der Waals surface area contributed by atoms with Crippen LogP contribution in [0.4, 0.5) is 5.95 Å². The van der Waals surface area contributed by atoms with Crippen LogP contribution in [0.15, 0.2) is 18.3 Å². The molecule has 0 radical (unpaired) electrons. The highest BCUT2D eigenvalue weighted by molar-refractivity contribution is 5.69. The molecule has 0 spiro atoms. The molecule has 4 heteroatoms. The minimum atomic E-state index is 0.633. The molecule has 0 aliphatic rings. The van der Waals surface area contributed by atoms with Crippen LogP contribution in [-0.4, -0.2) is 24.1 Å². The van der Waals surface area contributed by atoms with E-state index < -0.39 is 0 Å². The van der Waals surface area contributed by atoms with Crippen LogP contribution in [0.2, 0.25) is 0 Å². The summed E-state index contributed by atoms with van der Waals surface area (Å²) in [4.78, 5) is 8.78. The molecular formula is C15H19N3O. The zero-order valence-corrected chi connectivity index (χ0v) is 12.0. The number of rotatable bonds is 3. The minimum Gasteiger partial charge on any atom is -0.496 e. The van der Waals surface area contributed by atoms with Gasteiger partial charge in [-0.15, -0.1) is 0 Å². The molecule has 0 atom stereocenters. The Morgan fingerprint density at radius 3 is 2.42 bits per heavy atom. The Balaban J connectivity index is 2.61. The van der Waals surface area contributed by atoms with E-state index in [-0.39, 0.29) is 0 Å². The van der Waals surface area contributed by atoms with Crippen LogP contribution in [0.1, 0.15) is 16.7 Å². The van der Waals surface area contributed by atoms with E-state index in [1.54, 1.807) is 7.11 Å². The van der Waals surface area contributed by atoms with Gasteiger partial charge >= 0.3 is 0 Å². The van der Waals surface area contributed by atoms with Crippen LogP contribution in [0, 0.1) is 20.8 Å². The Morgan fingerprint density at radius 1 is 1.05 bits per heavy atom. The second kappa shape index (κ2) is 5.26. The SMILES string of the molecule is CNc1ncc(C)c(-c2cc(C)c(OC)cc2C)n1. The minimum absolute atomic E-state index is 0.633. The van der Waals surface area contributed by atoms with E-state index in [4.69, 9.17) is 4.74 Å². The van der Waals surface area contributed by atoms with E-state index in [0.29, 0.717) is 5.95 Å². The number of methoxy groups -OCH3 is 1. The van der Waals surface area contributed by atoms with Crippen molar-refractivity contribution in [2.75, 3.05) is 19.5 Å². The molecule has 1 N–H and O–H groups in total. The summed E-state index contributed by atoms with van der Waals surface area (Å²) in [6.07, 6.45) is 1.84. The molecule has 0 amide bonds. The van der Waals surface area contributed by atoms with Crippen LogP contribution in [0.3, 0.4) is 0 Å². The number of aryl methyl sites for hydroxylation is 3. The normalized spacial score (nSPS) is 10.4. The summed E-state index contributed by atoms with van der Waals surface area (Å²) in [6, 6.07) is 4.16. The van der Waals surface area contributed by atoms with Gasteiger partial charge in [-0.2, -0.15) is 0 Å². The fourth-order valence-electron chi connectivity index (χ4n) is 2.10. The average molecular weight is 257 g/mol. The van der Waals surface area contributed by atoms with Gasteiger partial charge in [-0.05, 0) is 49.6 Å². The first kappa shape index (κ1) is 13.3. The monoisotopic (exact) mass is 257 g/mol. The topological polar surface area (TPSA) is 47.0 Å². The zero-order chi connectivity index (χ0) is 14.0. The first-order chi connectivity index (χ1) is 9.06. The highest BCUT2D eigenvalue weighted by Crippen LogP contribution is 2.30. The van der Waals surface area contributed by atoms with Crippen molar-refractivity contribution in [3.05, 3.63) is 35.0 Å². The molecule has 2 aromatic rings. The van der Waals surface area contributed by atoms with E-state index in [0.717, 1.165) is 33.7 Å². The van der Waals surface area contributed by atoms with Gasteiger partial charge in [0.05, 0.1) is 12.8 Å². The van der Waals surface area contributed by atoms with Gasteiger partial charge in [0.15, 0.2) is 0 Å². The number of nitrogens with one attached hydrogen (secondary N) is 1. The van der Waals surface area contributed by atoms with Gasteiger partial charge in [0.25, 0.3) is 0 Å². The summed E-state index contributed by atoms with van der Waals surface area (Å²) in [7, 11) is 3.51. The van der Waals surface area contributed by atoms with Gasteiger partial charge in [0.2, 0.25) is 5.95 Å². The van der Waals surface area contributed by atoms with Gasteiger partial charge in [-0.25, -0.2) is 9.97 Å². The van der Waals surface area contributed by atoms with Crippen LogP contribution in [-0.2, 0) is 0 Å². The van der Waals surface area contributed by atoms with E-state index >= 15 is 0 Å². The number of anilines is 1. The van der Waals surface area contributed by atoms with Gasteiger partial charge in [-0.1, -0.05) is 0 Å². The predicted octanol–water partition coefficient (Wildman–Crippen LogP) is 3.12. The highest BCUT2D eigenvalue weighted by atomic mass is 16.5. The molecule has 4 nitrogen and oxygen atoms in total. The lowest BCUT2D eigenvalue weighted by molar-refractivity contribution is 0.411. The average Bonchev–Trinajstić information content (AvgIpc) is 2.41. The summed E-state index contributed by atoms with van der Waals surface area (Å²) < 4.78 is 5.35. The fraction of sp³-hybridized carbons (Fsp3) is 0.333. The lowest BCUT2D eigenvalue weighted by Gasteiger charge is -2.13. The van der Waals surface area contributed by atoms with E-state index in [1.165, 1.54) is 0 Å². The molecule has 19 heavy (non-hydrogen) atoms. The quantitative estimate of drug-likeness (QED) is 0.917.